The Morgan fingerprint density at radius 2 is 2.12 bits per heavy atom. The van der Waals surface area contributed by atoms with E-state index in [4.69, 9.17) is 23.2 Å². The Balaban J connectivity index is 2.15. The minimum atomic E-state index is -4.70. The number of nitrogens with one attached hydrogen (secondary N) is 1. The van der Waals surface area contributed by atoms with Crippen molar-refractivity contribution in [2.75, 3.05) is 0 Å². The molecule has 0 bridgehead atoms. The van der Waals surface area contributed by atoms with Crippen LogP contribution in [-0.4, -0.2) is 21.7 Å². The largest absolute Gasteiger partial charge is 0.435 e. The molecule has 2 aromatic heterocycles. The average molecular weight is 465 g/mol. The molecule has 0 fully saturated rings. The molecule has 0 saturated carbocycles. The number of alkyl halides is 3. The van der Waals surface area contributed by atoms with Gasteiger partial charge in [-0.05, 0) is 34.8 Å². The SMILES string of the molecule is CC(Cc1c(Br)sc(Cl)c1Cl)NC(=O)c1cn(C)nc1C(F)(F)F. The number of amides is 1. The summed E-state index contributed by atoms with van der Waals surface area (Å²) < 4.78 is 40.8. The van der Waals surface area contributed by atoms with Gasteiger partial charge in [0.05, 0.1) is 14.4 Å². The van der Waals surface area contributed by atoms with Gasteiger partial charge in [-0.15, -0.1) is 11.3 Å². The number of halogens is 6. The molecule has 2 heterocycles. The van der Waals surface area contributed by atoms with Crippen molar-refractivity contribution in [3.05, 3.63) is 36.2 Å². The van der Waals surface area contributed by atoms with Crippen molar-refractivity contribution in [1.82, 2.24) is 15.1 Å². The molecule has 0 saturated heterocycles. The second kappa shape index (κ2) is 7.23. The summed E-state index contributed by atoms with van der Waals surface area (Å²) in [4.78, 5) is 12.2. The van der Waals surface area contributed by atoms with Gasteiger partial charge in [-0.3, -0.25) is 9.48 Å². The van der Waals surface area contributed by atoms with E-state index in [1.807, 2.05) is 0 Å². The Labute approximate surface area is 158 Å². The Morgan fingerprint density at radius 3 is 2.62 bits per heavy atom. The topological polar surface area (TPSA) is 46.9 Å². The van der Waals surface area contributed by atoms with Crippen LogP contribution in [-0.2, 0) is 19.6 Å². The fourth-order valence-corrected chi connectivity index (χ4v) is 4.69. The summed E-state index contributed by atoms with van der Waals surface area (Å²) in [6.45, 7) is 1.66. The highest BCUT2D eigenvalue weighted by Crippen LogP contribution is 2.40. The molecule has 24 heavy (non-hydrogen) atoms. The van der Waals surface area contributed by atoms with E-state index in [0.29, 0.717) is 21.3 Å². The molecule has 1 atom stereocenters. The summed E-state index contributed by atoms with van der Waals surface area (Å²) in [5.41, 5.74) is -1.04. The van der Waals surface area contributed by atoms with Crippen molar-refractivity contribution >= 4 is 56.4 Å². The van der Waals surface area contributed by atoms with E-state index in [1.165, 1.54) is 18.4 Å². The van der Waals surface area contributed by atoms with Crippen molar-refractivity contribution in [2.24, 2.45) is 7.05 Å². The quantitative estimate of drug-likeness (QED) is 0.697. The van der Waals surface area contributed by atoms with Crippen molar-refractivity contribution < 1.29 is 18.0 Å². The zero-order chi connectivity index (χ0) is 18.2. The maximum atomic E-state index is 12.9. The lowest BCUT2D eigenvalue weighted by atomic mass is 10.1. The molecule has 1 unspecified atom stereocenters. The van der Waals surface area contributed by atoms with Crippen LogP contribution in [0.1, 0.15) is 28.5 Å². The van der Waals surface area contributed by atoms with Crippen molar-refractivity contribution in [3.8, 4) is 0 Å². The standard InChI is InChI=1S/C13H11BrCl2F3N3OS/c1-5(3-6-8(15)11(16)24-10(6)14)20-12(23)7-4-22(2)21-9(7)13(17,18)19/h4-5H,3H2,1-2H3,(H,20,23). The summed E-state index contributed by atoms with van der Waals surface area (Å²) in [5, 5.41) is 6.20. The van der Waals surface area contributed by atoms with Gasteiger partial charge < -0.3 is 5.32 Å². The third-order valence-electron chi connectivity index (χ3n) is 3.08. The van der Waals surface area contributed by atoms with Crippen LogP contribution >= 0.6 is 50.5 Å². The molecule has 0 aliphatic heterocycles. The maximum absolute atomic E-state index is 12.9. The van der Waals surface area contributed by atoms with E-state index in [1.54, 1.807) is 6.92 Å². The van der Waals surface area contributed by atoms with Crippen LogP contribution in [0.3, 0.4) is 0 Å². The predicted octanol–water partition coefficient (Wildman–Crippen LogP) is 4.93. The zero-order valence-electron chi connectivity index (χ0n) is 12.3. The number of carbonyl (C=O) groups excluding carboxylic acids is 1. The molecule has 1 N–H and O–H groups in total. The molecule has 2 aromatic rings. The van der Waals surface area contributed by atoms with Gasteiger partial charge in [0.1, 0.15) is 4.34 Å². The highest BCUT2D eigenvalue weighted by molar-refractivity contribution is 9.11. The number of nitrogens with zero attached hydrogens (tertiary/aromatic N) is 2. The van der Waals surface area contributed by atoms with Crippen molar-refractivity contribution in [3.63, 3.8) is 0 Å². The van der Waals surface area contributed by atoms with Crippen molar-refractivity contribution in [1.29, 1.82) is 0 Å². The molecule has 11 heteroatoms. The second-order valence-electron chi connectivity index (χ2n) is 5.08. The first-order chi connectivity index (χ1) is 11.0. The summed E-state index contributed by atoms with van der Waals surface area (Å²) in [5.74, 6) is -0.850. The van der Waals surface area contributed by atoms with Gasteiger partial charge in [0.15, 0.2) is 5.69 Å². The van der Waals surface area contributed by atoms with Crippen LogP contribution < -0.4 is 5.32 Å². The van der Waals surface area contributed by atoms with Crippen LogP contribution in [0.25, 0.3) is 0 Å². The first-order valence-corrected chi connectivity index (χ1v) is 8.91. The molecular weight excluding hydrogens is 454 g/mol. The zero-order valence-corrected chi connectivity index (χ0v) is 16.3. The highest BCUT2D eigenvalue weighted by Gasteiger charge is 2.39. The lowest BCUT2D eigenvalue weighted by molar-refractivity contribution is -0.141. The van der Waals surface area contributed by atoms with Crippen LogP contribution in [0.2, 0.25) is 9.36 Å². The number of hydrogen-bond donors (Lipinski definition) is 1. The van der Waals surface area contributed by atoms with Gasteiger partial charge >= 0.3 is 6.18 Å². The fourth-order valence-electron chi connectivity index (χ4n) is 2.08. The Morgan fingerprint density at radius 1 is 1.50 bits per heavy atom. The Bertz CT molecular complexity index is 775. The molecule has 0 aliphatic carbocycles. The van der Waals surface area contributed by atoms with Crippen LogP contribution in [0.4, 0.5) is 13.2 Å². The fraction of sp³-hybridized carbons (Fsp3) is 0.385. The molecule has 1 amide bonds. The number of rotatable bonds is 4. The molecule has 0 spiro atoms. The van der Waals surface area contributed by atoms with Crippen LogP contribution in [0.15, 0.2) is 9.98 Å². The monoisotopic (exact) mass is 463 g/mol. The molecule has 0 aliphatic rings. The van der Waals surface area contributed by atoms with Gasteiger partial charge in [-0.25, -0.2) is 0 Å². The van der Waals surface area contributed by atoms with E-state index in [-0.39, 0.29) is 0 Å². The van der Waals surface area contributed by atoms with Gasteiger partial charge in [0.2, 0.25) is 0 Å². The maximum Gasteiger partial charge on any atom is 0.435 e. The van der Waals surface area contributed by atoms with E-state index in [9.17, 15) is 18.0 Å². The number of thiophene rings is 1. The third kappa shape index (κ3) is 4.25. The van der Waals surface area contributed by atoms with Gasteiger partial charge in [-0.1, -0.05) is 23.2 Å². The van der Waals surface area contributed by atoms with E-state index in [2.05, 4.69) is 26.3 Å². The number of carbonyl (C=O) groups is 1. The van der Waals surface area contributed by atoms with Gasteiger partial charge in [0.25, 0.3) is 5.91 Å². The third-order valence-corrected chi connectivity index (χ3v) is 5.90. The Hall–Kier alpha value is -0.770. The average Bonchev–Trinajstić information content (AvgIpc) is 2.95. The predicted molar refractivity (Wildman–Crippen MR) is 90.9 cm³/mol. The first-order valence-electron chi connectivity index (χ1n) is 6.54. The summed E-state index contributed by atoms with van der Waals surface area (Å²) in [6.07, 6.45) is -3.35. The minimum absolute atomic E-state index is 0.315. The highest BCUT2D eigenvalue weighted by atomic mass is 79.9. The number of aromatic nitrogens is 2. The van der Waals surface area contributed by atoms with Gasteiger partial charge in [0, 0.05) is 19.3 Å². The first kappa shape index (κ1) is 19.6. The number of hydrogen-bond acceptors (Lipinski definition) is 3. The molecule has 4 nitrogen and oxygen atoms in total. The molecule has 2 rings (SSSR count). The van der Waals surface area contributed by atoms with Crippen LogP contribution in [0.5, 0.6) is 0 Å². The lowest BCUT2D eigenvalue weighted by Crippen LogP contribution is -2.35. The van der Waals surface area contributed by atoms with E-state index < -0.39 is 29.4 Å². The normalized spacial score (nSPS) is 13.2. The lowest BCUT2D eigenvalue weighted by Gasteiger charge is -2.14. The minimum Gasteiger partial charge on any atom is -0.349 e. The van der Waals surface area contributed by atoms with E-state index >= 15 is 0 Å². The number of aryl methyl sites for hydroxylation is 1. The summed E-state index contributed by atoms with van der Waals surface area (Å²) >= 11 is 16.6. The summed E-state index contributed by atoms with van der Waals surface area (Å²) in [7, 11) is 1.32. The smallest absolute Gasteiger partial charge is 0.349 e. The molecule has 0 aromatic carbocycles. The van der Waals surface area contributed by atoms with Gasteiger partial charge in [-0.2, -0.15) is 18.3 Å². The molecule has 0 radical (unpaired) electrons. The van der Waals surface area contributed by atoms with Crippen molar-refractivity contribution in [2.45, 2.75) is 25.6 Å². The summed E-state index contributed by atoms with van der Waals surface area (Å²) in [6, 6.07) is -0.460. The molecular formula is C13H11BrCl2F3N3OS. The second-order valence-corrected chi connectivity index (χ2v) is 8.40. The van der Waals surface area contributed by atoms with E-state index in [0.717, 1.165) is 14.7 Å². The van der Waals surface area contributed by atoms with Crippen LogP contribution in [0, 0.1) is 0 Å². The Kier molecular flexibility index (Phi) is 5.89. The molecule has 132 valence electrons.